The number of hydrogen-bond acceptors (Lipinski definition) is 3. The van der Waals surface area contributed by atoms with E-state index >= 15 is 0 Å². The number of nitrogens with zero attached hydrogens (tertiary/aromatic N) is 1. The minimum absolute atomic E-state index is 0.0759. The summed E-state index contributed by atoms with van der Waals surface area (Å²) in [5, 5.41) is 19.3. The molecule has 0 aromatic heterocycles. The van der Waals surface area contributed by atoms with Crippen LogP contribution in [0.4, 0.5) is 0 Å². The number of thioether (sulfide) groups is 1. The topological polar surface area (TPSA) is 44.0 Å². The molecule has 0 atom stereocenters. The fourth-order valence-electron chi connectivity index (χ4n) is 2.51. The van der Waals surface area contributed by atoms with Gasteiger partial charge in [-0.3, -0.25) is 0 Å². The molecule has 1 N–H and O–H groups in total. The molecule has 0 saturated heterocycles. The van der Waals surface area contributed by atoms with Crippen molar-refractivity contribution < 1.29 is 5.11 Å². The maximum Gasteiger partial charge on any atom is 0.123 e. The van der Waals surface area contributed by atoms with E-state index in [0.29, 0.717) is 12.2 Å². The predicted octanol–water partition coefficient (Wildman–Crippen LogP) is 6.16. The Balaban J connectivity index is 2.94. The molecule has 0 saturated carbocycles. The lowest BCUT2D eigenvalue weighted by molar-refractivity contribution is 0.422. The number of unbranched alkanes of at least 4 members (excludes halogenated alkanes) is 3. The molecule has 0 aliphatic heterocycles. The smallest absolute Gasteiger partial charge is 0.123 e. The van der Waals surface area contributed by atoms with Gasteiger partial charge in [0.05, 0.1) is 6.07 Å². The van der Waals surface area contributed by atoms with Gasteiger partial charge >= 0.3 is 0 Å². The van der Waals surface area contributed by atoms with Crippen molar-refractivity contribution >= 4 is 11.8 Å². The van der Waals surface area contributed by atoms with Gasteiger partial charge in [0.15, 0.2) is 0 Å². The summed E-state index contributed by atoms with van der Waals surface area (Å²) >= 11 is 1.85. The standard InChI is InChI=1S/C20H31NOS/c1-19(2,3)16-13-15(23-12-10-8-7-9-11-21)14-17(18(16)22)20(4,5)6/h13-14,22H,7-10,12H2,1-6H3. The van der Waals surface area contributed by atoms with Gasteiger partial charge in [-0.15, -0.1) is 11.8 Å². The summed E-state index contributed by atoms with van der Waals surface area (Å²) in [7, 11) is 0. The van der Waals surface area contributed by atoms with Crippen molar-refractivity contribution in [1.29, 1.82) is 5.26 Å². The van der Waals surface area contributed by atoms with Crippen LogP contribution in [-0.4, -0.2) is 10.9 Å². The number of hydrogen-bond donors (Lipinski definition) is 1. The monoisotopic (exact) mass is 333 g/mol. The van der Waals surface area contributed by atoms with E-state index < -0.39 is 0 Å². The highest BCUT2D eigenvalue weighted by Gasteiger charge is 2.26. The summed E-state index contributed by atoms with van der Waals surface area (Å²) in [5.41, 5.74) is 1.90. The van der Waals surface area contributed by atoms with Gasteiger partial charge in [-0.2, -0.15) is 5.26 Å². The predicted molar refractivity (Wildman–Crippen MR) is 100 cm³/mol. The van der Waals surface area contributed by atoms with E-state index in [1.807, 2.05) is 11.8 Å². The SMILES string of the molecule is CC(C)(C)c1cc(SCCCCCC#N)cc(C(C)(C)C)c1O. The average Bonchev–Trinajstić information content (AvgIpc) is 2.41. The second-order valence-corrected chi connectivity index (χ2v) is 9.35. The molecule has 23 heavy (non-hydrogen) atoms. The van der Waals surface area contributed by atoms with Gasteiger partial charge in [0.1, 0.15) is 5.75 Å². The van der Waals surface area contributed by atoms with Crippen molar-refractivity contribution in [2.24, 2.45) is 0 Å². The highest BCUT2D eigenvalue weighted by Crippen LogP contribution is 2.41. The molecule has 0 radical (unpaired) electrons. The lowest BCUT2D eigenvalue weighted by Gasteiger charge is -2.28. The Kier molecular flexibility index (Phi) is 7.02. The largest absolute Gasteiger partial charge is 0.507 e. The first kappa shape index (κ1) is 19.9. The average molecular weight is 334 g/mol. The number of phenols is 1. The molecule has 0 aliphatic carbocycles. The van der Waals surface area contributed by atoms with Gasteiger partial charge in [-0.1, -0.05) is 48.0 Å². The summed E-state index contributed by atoms with van der Waals surface area (Å²) in [4.78, 5) is 1.23. The second-order valence-electron chi connectivity index (χ2n) is 8.18. The number of benzene rings is 1. The molecule has 0 heterocycles. The first-order valence-corrected chi connectivity index (χ1v) is 9.43. The lowest BCUT2D eigenvalue weighted by Crippen LogP contribution is -2.17. The zero-order valence-electron chi connectivity index (χ0n) is 15.5. The Morgan fingerprint density at radius 2 is 1.48 bits per heavy atom. The summed E-state index contributed by atoms with van der Waals surface area (Å²) < 4.78 is 0. The maximum atomic E-state index is 10.7. The Labute approximate surface area is 146 Å². The van der Waals surface area contributed by atoms with E-state index in [1.54, 1.807) is 0 Å². The van der Waals surface area contributed by atoms with E-state index in [2.05, 4.69) is 59.7 Å². The molecule has 0 unspecified atom stereocenters. The number of rotatable bonds is 6. The summed E-state index contributed by atoms with van der Waals surface area (Å²) in [5.74, 6) is 1.51. The molecule has 1 aromatic carbocycles. The van der Waals surface area contributed by atoms with Crippen molar-refractivity contribution in [2.75, 3.05) is 5.75 Å². The quantitative estimate of drug-likeness (QED) is 0.500. The molecule has 3 heteroatoms. The molecule has 0 spiro atoms. The first-order valence-electron chi connectivity index (χ1n) is 8.45. The van der Waals surface area contributed by atoms with Crippen LogP contribution in [0.15, 0.2) is 17.0 Å². The van der Waals surface area contributed by atoms with Crippen LogP contribution in [0.1, 0.15) is 78.4 Å². The third kappa shape index (κ3) is 6.11. The molecular weight excluding hydrogens is 302 g/mol. The fourth-order valence-corrected chi connectivity index (χ4v) is 3.49. The Morgan fingerprint density at radius 1 is 0.957 bits per heavy atom. The van der Waals surface area contributed by atoms with Crippen LogP contribution >= 0.6 is 11.8 Å². The van der Waals surface area contributed by atoms with Crippen molar-refractivity contribution in [3.63, 3.8) is 0 Å². The van der Waals surface area contributed by atoms with Crippen molar-refractivity contribution in [3.05, 3.63) is 23.3 Å². The molecular formula is C20H31NOS. The van der Waals surface area contributed by atoms with Crippen LogP contribution in [0.5, 0.6) is 5.75 Å². The molecule has 2 nitrogen and oxygen atoms in total. The van der Waals surface area contributed by atoms with Crippen molar-refractivity contribution in [1.82, 2.24) is 0 Å². The normalized spacial score (nSPS) is 12.2. The molecule has 0 amide bonds. The fraction of sp³-hybridized carbons (Fsp3) is 0.650. The first-order chi connectivity index (χ1) is 10.6. The van der Waals surface area contributed by atoms with E-state index in [1.165, 1.54) is 4.90 Å². The molecule has 1 rings (SSSR count). The Hall–Kier alpha value is -1.14. The highest BCUT2D eigenvalue weighted by atomic mass is 32.2. The zero-order chi connectivity index (χ0) is 17.7. The molecule has 0 fully saturated rings. The van der Waals surface area contributed by atoms with Gasteiger partial charge in [0.2, 0.25) is 0 Å². The summed E-state index contributed by atoms with van der Waals surface area (Å²) in [6.45, 7) is 12.9. The van der Waals surface area contributed by atoms with Gasteiger partial charge in [0.25, 0.3) is 0 Å². The summed E-state index contributed by atoms with van der Waals surface area (Å²) in [6.07, 6.45) is 3.89. The zero-order valence-corrected chi connectivity index (χ0v) is 16.3. The van der Waals surface area contributed by atoms with E-state index in [4.69, 9.17) is 5.26 Å². The van der Waals surface area contributed by atoms with Crippen LogP contribution < -0.4 is 0 Å². The second kappa shape index (κ2) is 8.11. The van der Waals surface area contributed by atoms with Crippen LogP contribution in [0.25, 0.3) is 0 Å². The molecule has 1 aromatic rings. The minimum Gasteiger partial charge on any atom is -0.507 e. The third-order valence-electron chi connectivity index (χ3n) is 3.90. The van der Waals surface area contributed by atoms with Gasteiger partial charge in [-0.25, -0.2) is 0 Å². The third-order valence-corrected chi connectivity index (χ3v) is 4.96. The van der Waals surface area contributed by atoms with Crippen LogP contribution in [0.3, 0.4) is 0 Å². The van der Waals surface area contributed by atoms with Crippen LogP contribution in [-0.2, 0) is 10.8 Å². The lowest BCUT2D eigenvalue weighted by atomic mass is 9.79. The van der Waals surface area contributed by atoms with Gasteiger partial charge < -0.3 is 5.11 Å². The molecule has 0 bridgehead atoms. The Bertz CT molecular complexity index is 523. The van der Waals surface area contributed by atoms with Crippen molar-refractivity contribution in [3.8, 4) is 11.8 Å². The maximum absolute atomic E-state index is 10.7. The van der Waals surface area contributed by atoms with Gasteiger partial charge in [-0.05, 0) is 41.6 Å². The van der Waals surface area contributed by atoms with Crippen molar-refractivity contribution in [2.45, 2.75) is 83.0 Å². The van der Waals surface area contributed by atoms with Crippen LogP contribution in [0.2, 0.25) is 0 Å². The van der Waals surface area contributed by atoms with Gasteiger partial charge in [0, 0.05) is 22.4 Å². The number of nitriles is 1. The van der Waals surface area contributed by atoms with E-state index in [0.717, 1.165) is 36.1 Å². The molecule has 0 aliphatic rings. The number of phenolic OH excluding ortho intramolecular Hbond substituents is 1. The van der Waals surface area contributed by atoms with Crippen LogP contribution in [0, 0.1) is 11.3 Å². The molecule has 128 valence electrons. The van der Waals surface area contributed by atoms with E-state index in [9.17, 15) is 5.11 Å². The Morgan fingerprint density at radius 3 is 1.91 bits per heavy atom. The highest BCUT2D eigenvalue weighted by molar-refractivity contribution is 7.99. The number of aromatic hydroxyl groups is 1. The summed E-state index contributed by atoms with van der Waals surface area (Å²) in [6, 6.07) is 6.48. The van der Waals surface area contributed by atoms with E-state index in [-0.39, 0.29) is 10.8 Å². The minimum atomic E-state index is -0.0759.